The summed E-state index contributed by atoms with van der Waals surface area (Å²) >= 11 is 0. The maximum Gasteiger partial charge on any atom is 0.0270 e. The molecule has 0 aliphatic carbocycles. The molecule has 0 saturated heterocycles. The first-order valence-corrected chi connectivity index (χ1v) is 4.26. The molecule has 1 nitrogen and oxygen atoms in total. The van der Waals surface area contributed by atoms with Gasteiger partial charge in [0.2, 0.25) is 0 Å². The number of pyridine rings is 1. The molecule has 64 valence electrons. The highest BCUT2D eigenvalue weighted by atomic mass is 14.6. The van der Waals surface area contributed by atoms with E-state index in [4.69, 9.17) is 0 Å². The van der Waals surface area contributed by atoms with Crippen LogP contribution in [0, 0.1) is 6.92 Å². The molecule has 0 saturated carbocycles. The van der Waals surface area contributed by atoms with Gasteiger partial charge in [0.15, 0.2) is 0 Å². The molecule has 0 spiro atoms. The van der Waals surface area contributed by atoms with E-state index >= 15 is 0 Å². The Balaban J connectivity index is 0. The number of hydrogen-bond acceptors (Lipinski definition) is 1. The van der Waals surface area contributed by atoms with Crippen LogP contribution in [0.2, 0.25) is 0 Å². The van der Waals surface area contributed by atoms with Crippen molar-refractivity contribution < 1.29 is 0 Å². The lowest BCUT2D eigenvalue weighted by Crippen LogP contribution is -1.68. The molecule has 0 amide bonds. The predicted molar refractivity (Wildman–Crippen MR) is 51.7 cm³/mol. The molecule has 0 aromatic carbocycles. The number of aromatic nitrogens is 1. The average molecular weight is 153 g/mol. The van der Waals surface area contributed by atoms with E-state index in [9.17, 15) is 0 Å². The largest absolute Gasteiger partial charge is 0.265 e. The van der Waals surface area contributed by atoms with Gasteiger partial charge in [0.1, 0.15) is 0 Å². The molecule has 1 heteroatoms. The molecule has 0 fully saturated rings. The van der Waals surface area contributed by atoms with Gasteiger partial charge in [-0.25, -0.2) is 0 Å². The fourth-order valence-corrected chi connectivity index (χ4v) is 0.426. The molecule has 1 rings (SSSR count). The van der Waals surface area contributed by atoms with Crippen molar-refractivity contribution in [2.45, 2.75) is 34.6 Å². The van der Waals surface area contributed by atoms with Gasteiger partial charge in [-0.15, -0.1) is 0 Å². The molecule has 0 radical (unpaired) electrons. The lowest BCUT2D eigenvalue weighted by Gasteiger charge is -1.82. The van der Waals surface area contributed by atoms with Gasteiger partial charge in [0.25, 0.3) is 0 Å². The van der Waals surface area contributed by atoms with E-state index in [0.717, 1.165) is 0 Å². The lowest BCUT2D eigenvalue weighted by atomic mass is 10.3. The summed E-state index contributed by atoms with van der Waals surface area (Å²) in [5, 5.41) is 0. The van der Waals surface area contributed by atoms with E-state index in [1.807, 2.05) is 46.8 Å². The van der Waals surface area contributed by atoms with Gasteiger partial charge in [-0.05, 0) is 24.6 Å². The molecule has 0 N–H and O–H groups in total. The second kappa shape index (κ2) is 11.9. The van der Waals surface area contributed by atoms with Crippen LogP contribution in [0.5, 0.6) is 0 Å². The first-order valence-electron chi connectivity index (χ1n) is 4.26. The third-order valence-corrected chi connectivity index (χ3v) is 0.847. The summed E-state index contributed by atoms with van der Waals surface area (Å²) in [6.45, 7) is 10.0. The van der Waals surface area contributed by atoms with E-state index < -0.39 is 0 Å². The Labute approximate surface area is 70.5 Å². The zero-order valence-electron chi connectivity index (χ0n) is 8.26. The third kappa shape index (κ3) is 9.15. The number of hydrogen-bond donors (Lipinski definition) is 0. The first kappa shape index (κ1) is 12.8. The standard InChI is InChI=1S/C6H7N.2C2H6/c1-6-2-4-7-5-3-6;2*1-2/h2-5H,1H3;2*1-2H3. The van der Waals surface area contributed by atoms with E-state index in [2.05, 4.69) is 4.98 Å². The Hall–Kier alpha value is -0.850. The minimum atomic E-state index is 1.26. The van der Waals surface area contributed by atoms with Crippen LogP contribution in [0.4, 0.5) is 0 Å². The Morgan fingerprint density at radius 2 is 1.27 bits per heavy atom. The summed E-state index contributed by atoms with van der Waals surface area (Å²) in [6, 6.07) is 3.94. The summed E-state index contributed by atoms with van der Waals surface area (Å²) in [4.78, 5) is 3.85. The van der Waals surface area contributed by atoms with Gasteiger partial charge in [-0.1, -0.05) is 27.7 Å². The zero-order valence-corrected chi connectivity index (χ0v) is 8.26. The highest BCUT2D eigenvalue weighted by Gasteiger charge is 1.72. The third-order valence-electron chi connectivity index (χ3n) is 0.847. The molecule has 11 heavy (non-hydrogen) atoms. The fraction of sp³-hybridized carbons (Fsp3) is 0.500. The topological polar surface area (TPSA) is 12.9 Å². The van der Waals surface area contributed by atoms with Gasteiger partial charge in [-0.3, -0.25) is 4.98 Å². The van der Waals surface area contributed by atoms with Crippen molar-refractivity contribution in [2.24, 2.45) is 0 Å². The molecule has 0 atom stereocenters. The predicted octanol–water partition coefficient (Wildman–Crippen LogP) is 3.44. The summed E-state index contributed by atoms with van der Waals surface area (Å²) in [5.41, 5.74) is 1.26. The Morgan fingerprint density at radius 3 is 1.45 bits per heavy atom. The summed E-state index contributed by atoms with van der Waals surface area (Å²) < 4.78 is 0. The Bertz CT molecular complexity index is 135. The Morgan fingerprint density at radius 1 is 0.909 bits per heavy atom. The maximum atomic E-state index is 3.85. The van der Waals surface area contributed by atoms with E-state index in [1.165, 1.54) is 5.56 Å². The number of rotatable bonds is 0. The van der Waals surface area contributed by atoms with Gasteiger partial charge < -0.3 is 0 Å². The SMILES string of the molecule is CC.CC.Cc1ccncc1. The van der Waals surface area contributed by atoms with Crippen molar-refractivity contribution in [3.63, 3.8) is 0 Å². The van der Waals surface area contributed by atoms with E-state index in [0.29, 0.717) is 0 Å². The number of aryl methyl sites for hydroxylation is 1. The first-order chi connectivity index (χ1) is 5.39. The average Bonchev–Trinajstić information content (AvgIpc) is 2.13. The van der Waals surface area contributed by atoms with Crippen LogP contribution in [0.3, 0.4) is 0 Å². The van der Waals surface area contributed by atoms with Crippen LogP contribution in [0.15, 0.2) is 24.5 Å². The van der Waals surface area contributed by atoms with E-state index in [1.54, 1.807) is 12.4 Å². The van der Waals surface area contributed by atoms with Crippen LogP contribution < -0.4 is 0 Å². The molecular weight excluding hydrogens is 134 g/mol. The van der Waals surface area contributed by atoms with Gasteiger partial charge >= 0.3 is 0 Å². The second-order valence-electron chi connectivity index (χ2n) is 1.52. The zero-order chi connectivity index (χ0) is 9.11. The van der Waals surface area contributed by atoms with Gasteiger partial charge in [0.05, 0.1) is 0 Å². The van der Waals surface area contributed by atoms with E-state index in [-0.39, 0.29) is 0 Å². The molecule has 0 aliphatic heterocycles. The van der Waals surface area contributed by atoms with Crippen molar-refractivity contribution in [2.75, 3.05) is 0 Å². The minimum absolute atomic E-state index is 1.26. The van der Waals surface area contributed by atoms with Crippen LogP contribution in [-0.4, -0.2) is 4.98 Å². The normalized spacial score (nSPS) is 6.64. The van der Waals surface area contributed by atoms with Crippen LogP contribution in [0.1, 0.15) is 33.3 Å². The van der Waals surface area contributed by atoms with Gasteiger partial charge in [-0.2, -0.15) is 0 Å². The van der Waals surface area contributed by atoms with Crippen molar-refractivity contribution in [1.82, 2.24) is 4.98 Å². The van der Waals surface area contributed by atoms with Crippen molar-refractivity contribution in [3.05, 3.63) is 30.1 Å². The van der Waals surface area contributed by atoms with Crippen LogP contribution in [-0.2, 0) is 0 Å². The van der Waals surface area contributed by atoms with Gasteiger partial charge in [0, 0.05) is 12.4 Å². The molecule has 0 bridgehead atoms. The Kier molecular flexibility index (Phi) is 13.8. The second-order valence-corrected chi connectivity index (χ2v) is 1.52. The highest BCUT2D eigenvalue weighted by molar-refractivity contribution is 5.05. The van der Waals surface area contributed by atoms with Crippen molar-refractivity contribution in [1.29, 1.82) is 0 Å². The molecule has 0 unspecified atom stereocenters. The minimum Gasteiger partial charge on any atom is -0.265 e. The highest BCUT2D eigenvalue weighted by Crippen LogP contribution is 1.88. The quantitative estimate of drug-likeness (QED) is 0.556. The van der Waals surface area contributed by atoms with Crippen LogP contribution >= 0.6 is 0 Å². The molecule has 0 aliphatic rings. The fourth-order valence-electron chi connectivity index (χ4n) is 0.426. The molecular formula is C10H19N. The maximum absolute atomic E-state index is 3.85. The number of nitrogens with zero attached hydrogens (tertiary/aromatic N) is 1. The molecule has 1 heterocycles. The van der Waals surface area contributed by atoms with Crippen molar-refractivity contribution in [3.8, 4) is 0 Å². The van der Waals surface area contributed by atoms with Crippen LogP contribution in [0.25, 0.3) is 0 Å². The smallest absolute Gasteiger partial charge is 0.0270 e. The molecule has 1 aromatic rings. The van der Waals surface area contributed by atoms with Crippen molar-refractivity contribution >= 4 is 0 Å². The summed E-state index contributed by atoms with van der Waals surface area (Å²) in [5.74, 6) is 0. The lowest BCUT2D eigenvalue weighted by molar-refractivity contribution is 1.29. The summed E-state index contributed by atoms with van der Waals surface area (Å²) in [7, 11) is 0. The summed E-state index contributed by atoms with van der Waals surface area (Å²) in [6.07, 6.45) is 3.57. The molecule has 1 aromatic heterocycles. The monoisotopic (exact) mass is 153 g/mol.